The molecule has 0 spiro atoms. The van der Waals surface area contributed by atoms with Crippen LogP contribution in [-0.4, -0.2) is 23.5 Å². The number of fused-ring (bicyclic) bond motifs is 1. The predicted octanol–water partition coefficient (Wildman–Crippen LogP) is 6.10. The lowest BCUT2D eigenvalue weighted by Crippen LogP contribution is -2.26. The highest BCUT2D eigenvalue weighted by molar-refractivity contribution is 5.96. The van der Waals surface area contributed by atoms with Crippen LogP contribution < -0.4 is 5.32 Å². The van der Waals surface area contributed by atoms with Gasteiger partial charge in [-0.05, 0) is 30.9 Å². The fourth-order valence-electron chi connectivity index (χ4n) is 3.79. The number of carbonyl (C=O) groups is 2. The van der Waals surface area contributed by atoms with E-state index in [4.69, 9.17) is 10.4 Å². The first kappa shape index (κ1) is 28.1. The van der Waals surface area contributed by atoms with Crippen molar-refractivity contribution in [3.05, 3.63) is 120 Å². The zero-order chi connectivity index (χ0) is 26.2. The van der Waals surface area contributed by atoms with Crippen LogP contribution in [-0.2, 0) is 9.59 Å². The average Bonchev–Trinajstić information content (AvgIpc) is 2.91. The number of nitrogens with one attached hydrogen (secondary N) is 1. The monoisotopic (exact) mass is 482 g/mol. The van der Waals surface area contributed by atoms with Crippen molar-refractivity contribution in [1.29, 1.82) is 5.26 Å². The van der Waals surface area contributed by atoms with E-state index in [0.29, 0.717) is 23.0 Å². The Morgan fingerprint density at radius 1 is 1.11 bits per heavy atom. The van der Waals surface area contributed by atoms with Gasteiger partial charge in [0.25, 0.3) is 5.91 Å². The highest BCUT2D eigenvalue weighted by Gasteiger charge is 2.21. The number of rotatable bonds is 10. The summed E-state index contributed by atoms with van der Waals surface area (Å²) in [5.41, 5.74) is 2.38. The van der Waals surface area contributed by atoms with Crippen LogP contribution in [0.4, 0.5) is 0 Å². The molecule has 0 radical (unpaired) electrons. The number of carboxylic acids is 1. The fourth-order valence-corrected chi connectivity index (χ4v) is 3.79. The molecule has 3 atom stereocenters. The Labute approximate surface area is 214 Å². The second-order valence-electron chi connectivity index (χ2n) is 8.49. The first-order valence-electron chi connectivity index (χ1n) is 12.2. The first-order chi connectivity index (χ1) is 17.5. The maximum atomic E-state index is 12.1. The maximum Gasteiger partial charge on any atom is 0.305 e. The van der Waals surface area contributed by atoms with Gasteiger partial charge in [-0.3, -0.25) is 9.59 Å². The van der Waals surface area contributed by atoms with E-state index in [1.54, 1.807) is 6.08 Å². The van der Waals surface area contributed by atoms with Crippen molar-refractivity contribution in [3.8, 4) is 6.07 Å². The maximum absolute atomic E-state index is 12.1. The Hall–Kier alpha value is -4.17. The van der Waals surface area contributed by atoms with E-state index < -0.39 is 5.97 Å². The Balaban J connectivity index is 0.000000662. The minimum absolute atomic E-state index is 0.0861. The summed E-state index contributed by atoms with van der Waals surface area (Å²) in [6, 6.07) is 14.2. The summed E-state index contributed by atoms with van der Waals surface area (Å²) in [7, 11) is 0. The lowest BCUT2D eigenvalue weighted by Gasteiger charge is -2.25. The van der Waals surface area contributed by atoms with Crippen molar-refractivity contribution in [2.45, 2.75) is 26.2 Å². The van der Waals surface area contributed by atoms with Gasteiger partial charge >= 0.3 is 5.97 Å². The van der Waals surface area contributed by atoms with E-state index in [-0.39, 0.29) is 24.8 Å². The van der Waals surface area contributed by atoms with Gasteiger partial charge in [-0.25, -0.2) is 0 Å². The zero-order valence-electron chi connectivity index (χ0n) is 20.7. The number of allylic oxidation sites excluding steroid dienone is 11. The third-order valence-corrected chi connectivity index (χ3v) is 5.84. The van der Waals surface area contributed by atoms with Crippen LogP contribution in [0, 0.1) is 29.1 Å². The molecular formula is C31H34N2O3. The number of nitrogens with zero attached hydrogens (tertiary/aromatic N) is 1. The third kappa shape index (κ3) is 9.99. The quantitative estimate of drug-likeness (QED) is 0.312. The molecule has 2 N–H and O–H groups in total. The Kier molecular flexibility index (Phi) is 12.2. The minimum atomic E-state index is -0.951. The van der Waals surface area contributed by atoms with E-state index in [2.05, 4.69) is 55.3 Å². The van der Waals surface area contributed by atoms with E-state index in [0.717, 1.165) is 12.8 Å². The smallest absolute Gasteiger partial charge is 0.305 e. The molecule has 0 aromatic heterocycles. The molecule has 1 aromatic rings. The van der Waals surface area contributed by atoms with Gasteiger partial charge in [0.2, 0.25) is 0 Å². The molecule has 3 rings (SSSR count). The normalized spacial score (nSPS) is 19.1. The van der Waals surface area contributed by atoms with E-state index in [9.17, 15) is 9.59 Å². The first-order valence-corrected chi connectivity index (χ1v) is 12.2. The van der Waals surface area contributed by atoms with Gasteiger partial charge in [-0.15, -0.1) is 0 Å². The molecule has 1 amide bonds. The standard InChI is InChI=1S/C25H28N2O3.C6H6/c1-3-18(6-5-7-21(4-2)25(30)27-13-12-24(28)29)14-19-8-10-23-16-20(17-26)9-11-22(23)15-19;1-2-4-6-5-3-1/h4-11,15-16,18,22-23H,2-3,12-14H2,1H3,(H,27,30)(H,28,29);1-6H/b6-5+,21-7+;. The second kappa shape index (κ2) is 15.7. The number of amides is 1. The molecule has 5 nitrogen and oxygen atoms in total. The Morgan fingerprint density at radius 2 is 1.75 bits per heavy atom. The summed E-state index contributed by atoms with van der Waals surface area (Å²) in [5.74, 6) is -0.408. The molecule has 3 unspecified atom stereocenters. The van der Waals surface area contributed by atoms with Crippen molar-refractivity contribution in [3.63, 3.8) is 0 Å². The van der Waals surface area contributed by atoms with Crippen LogP contribution in [0.5, 0.6) is 0 Å². The van der Waals surface area contributed by atoms with Crippen LogP contribution in [0.2, 0.25) is 0 Å². The zero-order valence-corrected chi connectivity index (χ0v) is 20.7. The van der Waals surface area contributed by atoms with Gasteiger partial charge in [-0.1, -0.05) is 104 Å². The van der Waals surface area contributed by atoms with Crippen molar-refractivity contribution >= 4 is 11.9 Å². The molecule has 5 heteroatoms. The number of benzene rings is 1. The van der Waals surface area contributed by atoms with Gasteiger partial charge in [0.05, 0.1) is 12.5 Å². The SMILES string of the molecule is C=C/C(=C\C=C\C(CC)CC1=CC2C=CC(C#N)=CC2C=C1)C(=O)NCCC(=O)O.c1ccccc1. The molecular weight excluding hydrogens is 448 g/mol. The Bertz CT molecular complexity index is 1090. The summed E-state index contributed by atoms with van der Waals surface area (Å²) in [4.78, 5) is 22.6. The van der Waals surface area contributed by atoms with E-state index in [1.165, 1.54) is 11.6 Å². The summed E-state index contributed by atoms with van der Waals surface area (Å²) in [6.07, 6.45) is 21.4. The van der Waals surface area contributed by atoms with Crippen molar-refractivity contribution in [1.82, 2.24) is 5.32 Å². The molecule has 0 bridgehead atoms. The summed E-state index contributed by atoms with van der Waals surface area (Å²) >= 11 is 0. The molecule has 186 valence electrons. The third-order valence-electron chi connectivity index (χ3n) is 5.84. The molecule has 2 aliphatic carbocycles. The van der Waals surface area contributed by atoms with Crippen LogP contribution in [0.1, 0.15) is 26.2 Å². The highest BCUT2D eigenvalue weighted by Crippen LogP contribution is 2.32. The average molecular weight is 483 g/mol. The summed E-state index contributed by atoms with van der Waals surface area (Å²) in [6.45, 7) is 5.87. The molecule has 2 aliphatic rings. The Morgan fingerprint density at radius 3 is 2.33 bits per heavy atom. The molecule has 0 aliphatic heterocycles. The number of hydrogen-bond donors (Lipinski definition) is 2. The van der Waals surface area contributed by atoms with Crippen LogP contribution >= 0.6 is 0 Å². The highest BCUT2D eigenvalue weighted by atomic mass is 16.4. The number of hydrogen-bond acceptors (Lipinski definition) is 3. The van der Waals surface area contributed by atoms with Crippen LogP contribution in [0.15, 0.2) is 120 Å². The summed E-state index contributed by atoms with van der Waals surface area (Å²) in [5, 5.41) is 20.3. The molecule has 0 fully saturated rings. The molecule has 0 saturated heterocycles. The predicted molar refractivity (Wildman–Crippen MR) is 145 cm³/mol. The van der Waals surface area contributed by atoms with Gasteiger partial charge in [-0.2, -0.15) is 5.26 Å². The molecule has 0 heterocycles. The minimum Gasteiger partial charge on any atom is -0.481 e. The number of carboxylic acid groups (broad SMARTS) is 1. The number of aliphatic carboxylic acids is 1. The number of nitriles is 1. The van der Waals surface area contributed by atoms with E-state index in [1.807, 2.05) is 54.6 Å². The van der Waals surface area contributed by atoms with Gasteiger partial charge < -0.3 is 10.4 Å². The fraction of sp³-hybridized carbons (Fsp3) is 0.258. The van der Waals surface area contributed by atoms with Crippen molar-refractivity contribution < 1.29 is 14.7 Å². The van der Waals surface area contributed by atoms with E-state index >= 15 is 0 Å². The molecule has 0 saturated carbocycles. The topological polar surface area (TPSA) is 90.2 Å². The van der Waals surface area contributed by atoms with Gasteiger partial charge in [0.1, 0.15) is 0 Å². The molecule has 1 aromatic carbocycles. The van der Waals surface area contributed by atoms with Crippen molar-refractivity contribution in [2.75, 3.05) is 6.54 Å². The second-order valence-corrected chi connectivity index (χ2v) is 8.49. The van der Waals surface area contributed by atoms with Crippen molar-refractivity contribution in [2.24, 2.45) is 17.8 Å². The van der Waals surface area contributed by atoms with Crippen LogP contribution in [0.25, 0.3) is 0 Å². The van der Waals surface area contributed by atoms with Crippen LogP contribution in [0.3, 0.4) is 0 Å². The lowest BCUT2D eigenvalue weighted by molar-refractivity contribution is -0.136. The summed E-state index contributed by atoms with van der Waals surface area (Å²) < 4.78 is 0. The molecule has 36 heavy (non-hydrogen) atoms. The van der Waals surface area contributed by atoms with Gasteiger partial charge in [0, 0.05) is 29.5 Å². The largest absolute Gasteiger partial charge is 0.481 e. The lowest BCUT2D eigenvalue weighted by atomic mass is 9.79. The van der Waals surface area contributed by atoms with Gasteiger partial charge in [0.15, 0.2) is 0 Å². The number of carbonyl (C=O) groups excluding carboxylic acids is 1.